The second-order valence-electron chi connectivity index (χ2n) is 5.41. The Morgan fingerprint density at radius 1 is 0.773 bits per heavy atom. The van der Waals surface area contributed by atoms with Crippen molar-refractivity contribution in [1.82, 2.24) is 0 Å². The monoisotopic (exact) mass is 304 g/mol. The number of carboxylic acid groups (broad SMARTS) is 1. The van der Waals surface area contributed by atoms with Gasteiger partial charge in [0.05, 0.1) is 0 Å². The van der Waals surface area contributed by atoms with Crippen LogP contribution in [-0.2, 0) is 4.79 Å². The number of hydrogen-bond donors (Lipinski definition) is 1. The van der Waals surface area contributed by atoms with E-state index in [0.717, 1.165) is 32.1 Å². The summed E-state index contributed by atoms with van der Waals surface area (Å²) in [5.74, 6) is -0.702. The average molecular weight is 304 g/mol. The van der Waals surface area contributed by atoms with Crippen LogP contribution in [0.3, 0.4) is 0 Å². The summed E-state index contributed by atoms with van der Waals surface area (Å²) < 4.78 is 0. The SMILES string of the molecule is CCCCC/C=C/C/C=C/C/C=C/C=C/CCCCC(=O)O. The molecule has 2 nitrogen and oxygen atoms in total. The van der Waals surface area contributed by atoms with Crippen LogP contribution in [0.25, 0.3) is 0 Å². The van der Waals surface area contributed by atoms with Crippen molar-refractivity contribution in [3.63, 3.8) is 0 Å². The van der Waals surface area contributed by atoms with Gasteiger partial charge in [-0.05, 0) is 44.9 Å². The van der Waals surface area contributed by atoms with E-state index in [1.54, 1.807) is 0 Å². The highest BCUT2D eigenvalue weighted by molar-refractivity contribution is 5.66. The molecular weight excluding hydrogens is 272 g/mol. The smallest absolute Gasteiger partial charge is 0.303 e. The van der Waals surface area contributed by atoms with Crippen molar-refractivity contribution in [3.05, 3.63) is 48.6 Å². The van der Waals surface area contributed by atoms with Crippen LogP contribution in [-0.4, -0.2) is 11.1 Å². The third-order valence-electron chi connectivity index (χ3n) is 3.25. The third kappa shape index (κ3) is 18.4. The summed E-state index contributed by atoms with van der Waals surface area (Å²) in [4.78, 5) is 10.3. The van der Waals surface area contributed by atoms with E-state index in [2.05, 4.69) is 49.5 Å². The maximum Gasteiger partial charge on any atom is 0.303 e. The molecule has 0 aliphatic heterocycles. The standard InChI is InChI=1S/C20H32O2/c1-2-3-4-5-6-7-8-9-10-11-12-13-14-15-16-17-18-19-20(21)22/h6-7,9-10,12-15H,2-5,8,11,16-19H2,1H3,(H,21,22)/b7-6+,10-9+,13-12+,15-14+. The highest BCUT2D eigenvalue weighted by atomic mass is 16.4. The van der Waals surface area contributed by atoms with E-state index in [4.69, 9.17) is 5.11 Å². The molecule has 1 N–H and O–H groups in total. The van der Waals surface area contributed by atoms with Crippen LogP contribution >= 0.6 is 0 Å². The van der Waals surface area contributed by atoms with Gasteiger partial charge in [-0.25, -0.2) is 0 Å². The minimum Gasteiger partial charge on any atom is -0.481 e. The molecule has 0 saturated carbocycles. The lowest BCUT2D eigenvalue weighted by atomic mass is 10.2. The van der Waals surface area contributed by atoms with Crippen LogP contribution < -0.4 is 0 Å². The summed E-state index contributed by atoms with van der Waals surface area (Å²) in [5, 5.41) is 8.50. The molecule has 0 amide bonds. The second-order valence-corrected chi connectivity index (χ2v) is 5.41. The molecule has 2 heteroatoms. The molecule has 0 heterocycles. The number of rotatable bonds is 14. The molecule has 0 aromatic heterocycles. The van der Waals surface area contributed by atoms with Gasteiger partial charge in [0, 0.05) is 6.42 Å². The van der Waals surface area contributed by atoms with Crippen LogP contribution in [0.1, 0.15) is 71.1 Å². The Bertz CT molecular complexity index is 362. The maximum absolute atomic E-state index is 10.3. The summed E-state index contributed by atoms with van der Waals surface area (Å²) in [6.07, 6.45) is 27.3. The second kappa shape index (κ2) is 17.5. The lowest BCUT2D eigenvalue weighted by Gasteiger charge is -1.92. The van der Waals surface area contributed by atoms with Gasteiger partial charge in [0.2, 0.25) is 0 Å². The molecule has 0 rings (SSSR count). The Hall–Kier alpha value is -1.57. The third-order valence-corrected chi connectivity index (χ3v) is 3.25. The summed E-state index contributed by atoms with van der Waals surface area (Å²) in [5.41, 5.74) is 0. The Balaban J connectivity index is 3.41. The van der Waals surface area contributed by atoms with Gasteiger partial charge in [0.1, 0.15) is 0 Å². The van der Waals surface area contributed by atoms with Gasteiger partial charge < -0.3 is 5.11 Å². The summed E-state index contributed by atoms with van der Waals surface area (Å²) in [7, 11) is 0. The van der Waals surface area contributed by atoms with Gasteiger partial charge in [-0.1, -0.05) is 68.4 Å². The Morgan fingerprint density at radius 2 is 1.36 bits per heavy atom. The van der Waals surface area contributed by atoms with E-state index in [-0.39, 0.29) is 6.42 Å². The molecule has 0 radical (unpaired) electrons. The fraction of sp³-hybridized carbons (Fsp3) is 0.550. The average Bonchev–Trinajstić information content (AvgIpc) is 2.50. The predicted molar refractivity (Wildman–Crippen MR) is 96.0 cm³/mol. The number of allylic oxidation sites excluding steroid dienone is 8. The normalized spacial score (nSPS) is 12.4. The molecule has 0 fully saturated rings. The van der Waals surface area contributed by atoms with E-state index in [0.29, 0.717) is 0 Å². The van der Waals surface area contributed by atoms with Gasteiger partial charge in [0.15, 0.2) is 0 Å². The highest BCUT2D eigenvalue weighted by Gasteiger charge is 1.93. The van der Waals surface area contributed by atoms with Gasteiger partial charge >= 0.3 is 5.97 Å². The van der Waals surface area contributed by atoms with Crippen molar-refractivity contribution in [2.24, 2.45) is 0 Å². The van der Waals surface area contributed by atoms with E-state index in [1.165, 1.54) is 25.7 Å². The first-order valence-electron chi connectivity index (χ1n) is 8.60. The minimum absolute atomic E-state index is 0.279. The fourth-order valence-electron chi connectivity index (χ4n) is 1.95. The lowest BCUT2D eigenvalue weighted by molar-refractivity contribution is -0.137. The Morgan fingerprint density at radius 3 is 2.09 bits per heavy atom. The zero-order valence-corrected chi connectivity index (χ0v) is 14.0. The van der Waals surface area contributed by atoms with Gasteiger partial charge in [0.25, 0.3) is 0 Å². The van der Waals surface area contributed by atoms with Crippen molar-refractivity contribution < 1.29 is 9.90 Å². The van der Waals surface area contributed by atoms with E-state index in [9.17, 15) is 4.79 Å². The quantitative estimate of drug-likeness (QED) is 0.235. The topological polar surface area (TPSA) is 37.3 Å². The van der Waals surface area contributed by atoms with Crippen LogP contribution in [0.4, 0.5) is 0 Å². The van der Waals surface area contributed by atoms with Crippen molar-refractivity contribution in [2.75, 3.05) is 0 Å². The number of aliphatic carboxylic acids is 1. The zero-order valence-electron chi connectivity index (χ0n) is 14.0. The summed E-state index contributed by atoms with van der Waals surface area (Å²) >= 11 is 0. The molecule has 0 bridgehead atoms. The molecule has 124 valence electrons. The number of hydrogen-bond acceptors (Lipinski definition) is 1. The van der Waals surface area contributed by atoms with E-state index < -0.39 is 5.97 Å². The first kappa shape index (κ1) is 20.4. The van der Waals surface area contributed by atoms with E-state index in [1.807, 2.05) is 6.08 Å². The molecule has 0 atom stereocenters. The molecule has 0 aliphatic rings. The van der Waals surface area contributed by atoms with Crippen LogP contribution in [0.5, 0.6) is 0 Å². The van der Waals surface area contributed by atoms with E-state index >= 15 is 0 Å². The van der Waals surface area contributed by atoms with Crippen LogP contribution in [0, 0.1) is 0 Å². The molecule has 0 saturated heterocycles. The Kier molecular flexibility index (Phi) is 16.2. The van der Waals surface area contributed by atoms with Crippen LogP contribution in [0.15, 0.2) is 48.6 Å². The van der Waals surface area contributed by atoms with Crippen molar-refractivity contribution in [3.8, 4) is 0 Å². The molecular formula is C20H32O2. The number of unbranched alkanes of at least 4 members (excludes halogenated alkanes) is 5. The summed E-state index contributed by atoms with van der Waals surface area (Å²) in [6, 6.07) is 0. The number of carboxylic acids is 1. The van der Waals surface area contributed by atoms with Gasteiger partial charge in [-0.2, -0.15) is 0 Å². The maximum atomic E-state index is 10.3. The van der Waals surface area contributed by atoms with Crippen molar-refractivity contribution in [2.45, 2.75) is 71.1 Å². The zero-order chi connectivity index (χ0) is 16.3. The van der Waals surface area contributed by atoms with Gasteiger partial charge in [-0.15, -0.1) is 0 Å². The highest BCUT2D eigenvalue weighted by Crippen LogP contribution is 2.02. The molecule has 0 unspecified atom stereocenters. The van der Waals surface area contributed by atoms with Crippen molar-refractivity contribution in [1.29, 1.82) is 0 Å². The largest absolute Gasteiger partial charge is 0.481 e. The van der Waals surface area contributed by atoms with Crippen molar-refractivity contribution >= 4 is 5.97 Å². The predicted octanol–water partition coefficient (Wildman–Crippen LogP) is 6.22. The summed E-state index contributed by atoms with van der Waals surface area (Å²) in [6.45, 7) is 2.23. The first-order chi connectivity index (χ1) is 10.8. The molecule has 0 aromatic carbocycles. The molecule has 0 aliphatic carbocycles. The molecule has 22 heavy (non-hydrogen) atoms. The number of carbonyl (C=O) groups is 1. The minimum atomic E-state index is -0.702. The van der Waals surface area contributed by atoms with Crippen LogP contribution in [0.2, 0.25) is 0 Å². The molecule has 0 aromatic rings. The first-order valence-corrected chi connectivity index (χ1v) is 8.60. The molecule has 0 spiro atoms. The lowest BCUT2D eigenvalue weighted by Crippen LogP contribution is -1.92. The Labute approximate surface area is 136 Å². The fourth-order valence-corrected chi connectivity index (χ4v) is 1.95. The van der Waals surface area contributed by atoms with Gasteiger partial charge in [-0.3, -0.25) is 4.79 Å².